The number of nitrogens with zero attached hydrogens (tertiary/aromatic N) is 1. The number of Topliss-reactive ketones (excluding diaryl/α,β-unsaturated/α-hetero) is 2. The molecule has 0 heterocycles. The molecule has 2 atom stereocenters. The first-order valence-electron chi connectivity index (χ1n) is 8.63. The quantitative estimate of drug-likeness (QED) is 0.553. The highest BCUT2D eigenvalue weighted by molar-refractivity contribution is 5.84. The Hall–Kier alpha value is -1.17. The molecule has 1 fully saturated rings. The van der Waals surface area contributed by atoms with Crippen molar-refractivity contribution in [3.05, 3.63) is 0 Å². The Morgan fingerprint density at radius 3 is 2.62 bits per heavy atom. The lowest BCUT2D eigenvalue weighted by molar-refractivity contribution is -0.126. The molecule has 0 aromatic rings. The van der Waals surface area contributed by atoms with E-state index in [1.807, 2.05) is 0 Å². The van der Waals surface area contributed by atoms with Crippen LogP contribution in [0.3, 0.4) is 0 Å². The maximum Gasteiger partial charge on any atom is 0.137 e. The Morgan fingerprint density at radius 2 is 1.95 bits per heavy atom. The van der Waals surface area contributed by atoms with Crippen molar-refractivity contribution < 1.29 is 9.59 Å². The van der Waals surface area contributed by atoms with E-state index >= 15 is 0 Å². The fraction of sp³-hybridized carbons (Fsp3) is 0.833. The topological polar surface area (TPSA) is 57.9 Å². The van der Waals surface area contributed by atoms with Gasteiger partial charge in [-0.2, -0.15) is 5.26 Å². The minimum atomic E-state index is -0.384. The van der Waals surface area contributed by atoms with Crippen molar-refractivity contribution >= 4 is 11.6 Å². The average Bonchev–Trinajstić information content (AvgIpc) is 2.49. The van der Waals surface area contributed by atoms with Gasteiger partial charge in [0.2, 0.25) is 0 Å². The molecule has 3 nitrogen and oxygen atoms in total. The zero-order valence-electron chi connectivity index (χ0n) is 13.4. The molecule has 21 heavy (non-hydrogen) atoms. The molecule has 0 aromatic heterocycles. The lowest BCUT2D eigenvalue weighted by Gasteiger charge is -2.24. The highest BCUT2D eigenvalue weighted by Gasteiger charge is 2.31. The van der Waals surface area contributed by atoms with Crippen molar-refractivity contribution in [1.29, 1.82) is 5.26 Å². The first-order valence-corrected chi connectivity index (χ1v) is 8.63. The number of rotatable bonds is 10. The Kier molecular flexibility index (Phi) is 8.98. The third-order valence-corrected chi connectivity index (χ3v) is 4.51. The van der Waals surface area contributed by atoms with Crippen LogP contribution in [0.4, 0.5) is 0 Å². The second kappa shape index (κ2) is 10.5. The molecule has 0 aromatic carbocycles. The fourth-order valence-electron chi connectivity index (χ4n) is 3.16. The van der Waals surface area contributed by atoms with Crippen molar-refractivity contribution in [3.8, 4) is 6.07 Å². The van der Waals surface area contributed by atoms with Crippen LogP contribution in [0.5, 0.6) is 0 Å². The summed E-state index contributed by atoms with van der Waals surface area (Å²) in [5.74, 6) is -0.210. The largest absolute Gasteiger partial charge is 0.300 e. The van der Waals surface area contributed by atoms with Gasteiger partial charge in [-0.25, -0.2) is 0 Å². The number of unbranched alkanes of at least 4 members (excludes halogenated alkanes) is 5. The molecule has 0 saturated heterocycles. The third-order valence-electron chi connectivity index (χ3n) is 4.51. The van der Waals surface area contributed by atoms with E-state index in [1.54, 1.807) is 0 Å². The summed E-state index contributed by atoms with van der Waals surface area (Å²) in [6.45, 7) is 2.19. The van der Waals surface area contributed by atoms with Crippen molar-refractivity contribution in [2.24, 2.45) is 11.8 Å². The number of hydrogen-bond donors (Lipinski definition) is 0. The summed E-state index contributed by atoms with van der Waals surface area (Å²) in [4.78, 5) is 23.9. The maximum absolute atomic E-state index is 12.0. The Morgan fingerprint density at radius 1 is 1.24 bits per heavy atom. The predicted molar refractivity (Wildman–Crippen MR) is 83.7 cm³/mol. The first-order chi connectivity index (χ1) is 10.2. The summed E-state index contributed by atoms with van der Waals surface area (Å²) in [6.07, 6.45) is 11.2. The van der Waals surface area contributed by atoms with Gasteiger partial charge >= 0.3 is 0 Å². The summed E-state index contributed by atoms with van der Waals surface area (Å²) in [7, 11) is 0. The lowest BCUT2D eigenvalue weighted by Crippen LogP contribution is -2.27. The Bertz CT molecular complexity index is 370. The van der Waals surface area contributed by atoms with Crippen molar-refractivity contribution in [2.45, 2.75) is 84.0 Å². The van der Waals surface area contributed by atoms with Crippen LogP contribution in [-0.2, 0) is 9.59 Å². The van der Waals surface area contributed by atoms with Crippen molar-refractivity contribution in [2.75, 3.05) is 0 Å². The molecule has 1 aliphatic rings. The molecule has 0 N–H and O–H groups in total. The normalized spacial score (nSPS) is 20.0. The van der Waals surface area contributed by atoms with E-state index < -0.39 is 0 Å². The maximum atomic E-state index is 12.0. The predicted octanol–water partition coefficient (Wildman–Crippen LogP) is 4.60. The molecule has 0 bridgehead atoms. The van der Waals surface area contributed by atoms with Gasteiger partial charge in [0.1, 0.15) is 11.6 Å². The summed E-state index contributed by atoms with van der Waals surface area (Å²) in [6, 6.07) is 2.21. The van der Waals surface area contributed by atoms with Crippen LogP contribution in [0.2, 0.25) is 0 Å². The first kappa shape index (κ1) is 17.9. The second-order valence-corrected chi connectivity index (χ2v) is 6.31. The van der Waals surface area contributed by atoms with Gasteiger partial charge in [-0.15, -0.1) is 0 Å². The molecular formula is C18H29NO2. The molecule has 1 saturated carbocycles. The van der Waals surface area contributed by atoms with E-state index in [-0.39, 0.29) is 29.8 Å². The van der Waals surface area contributed by atoms with Crippen molar-refractivity contribution in [3.63, 3.8) is 0 Å². The summed E-state index contributed by atoms with van der Waals surface area (Å²) in [5.41, 5.74) is 0. The monoisotopic (exact) mass is 291 g/mol. The van der Waals surface area contributed by atoms with Gasteiger partial charge in [-0.05, 0) is 19.3 Å². The van der Waals surface area contributed by atoms with Crippen LogP contribution in [0.15, 0.2) is 0 Å². The van der Waals surface area contributed by atoms with Gasteiger partial charge in [0, 0.05) is 25.2 Å². The highest BCUT2D eigenvalue weighted by atomic mass is 16.1. The fourth-order valence-corrected chi connectivity index (χ4v) is 3.16. The molecule has 0 amide bonds. The molecule has 1 aliphatic carbocycles. The average molecular weight is 291 g/mol. The van der Waals surface area contributed by atoms with Gasteiger partial charge in [0.05, 0.1) is 12.0 Å². The van der Waals surface area contributed by atoms with Crippen LogP contribution in [-0.4, -0.2) is 11.6 Å². The Balaban J connectivity index is 2.24. The van der Waals surface area contributed by atoms with Crippen LogP contribution in [0, 0.1) is 23.2 Å². The minimum Gasteiger partial charge on any atom is -0.300 e. The second-order valence-electron chi connectivity index (χ2n) is 6.31. The molecule has 1 rings (SSSR count). The van der Waals surface area contributed by atoms with E-state index in [0.717, 1.165) is 32.1 Å². The smallest absolute Gasteiger partial charge is 0.137 e. The molecule has 3 heteroatoms. The van der Waals surface area contributed by atoms with E-state index in [4.69, 9.17) is 0 Å². The molecule has 0 radical (unpaired) electrons. The van der Waals surface area contributed by atoms with Gasteiger partial charge in [0.25, 0.3) is 0 Å². The number of ketones is 2. The molecule has 0 spiro atoms. The standard InChI is InChI=1S/C18H29NO2/c1-2-3-4-5-6-7-10-16(20)13-15(14-19)17-11-8-9-12-18(17)21/h15,17H,2-13H2,1H3. The van der Waals surface area contributed by atoms with Gasteiger partial charge < -0.3 is 0 Å². The summed E-state index contributed by atoms with van der Waals surface area (Å²) in [5, 5.41) is 9.26. The van der Waals surface area contributed by atoms with Crippen LogP contribution < -0.4 is 0 Å². The number of nitriles is 1. The minimum absolute atomic E-state index is 0.162. The molecule has 118 valence electrons. The third kappa shape index (κ3) is 6.89. The van der Waals surface area contributed by atoms with Crippen LogP contribution >= 0.6 is 0 Å². The van der Waals surface area contributed by atoms with Gasteiger partial charge in [-0.3, -0.25) is 9.59 Å². The van der Waals surface area contributed by atoms with E-state index in [2.05, 4.69) is 13.0 Å². The van der Waals surface area contributed by atoms with E-state index in [1.165, 1.54) is 25.7 Å². The Labute approximate surface area is 129 Å². The SMILES string of the molecule is CCCCCCCCC(=O)CC(C#N)C1CCCCC1=O. The van der Waals surface area contributed by atoms with Crippen molar-refractivity contribution in [1.82, 2.24) is 0 Å². The summed E-state index contributed by atoms with van der Waals surface area (Å²) >= 11 is 0. The molecule has 0 aliphatic heterocycles. The van der Waals surface area contributed by atoms with Gasteiger partial charge in [0.15, 0.2) is 0 Å². The zero-order valence-corrected chi connectivity index (χ0v) is 13.4. The van der Waals surface area contributed by atoms with E-state index in [9.17, 15) is 14.9 Å². The van der Waals surface area contributed by atoms with Gasteiger partial charge in [-0.1, -0.05) is 45.4 Å². The summed E-state index contributed by atoms with van der Waals surface area (Å²) < 4.78 is 0. The number of hydrogen-bond acceptors (Lipinski definition) is 3. The zero-order chi connectivity index (χ0) is 15.5. The molecule has 2 unspecified atom stereocenters. The van der Waals surface area contributed by atoms with Crippen LogP contribution in [0.1, 0.15) is 84.0 Å². The number of carbonyl (C=O) groups is 2. The highest BCUT2D eigenvalue weighted by Crippen LogP contribution is 2.29. The number of carbonyl (C=O) groups excluding carboxylic acids is 2. The van der Waals surface area contributed by atoms with E-state index in [0.29, 0.717) is 12.8 Å². The molecular weight excluding hydrogens is 262 g/mol. The van der Waals surface area contributed by atoms with Crippen LogP contribution in [0.25, 0.3) is 0 Å². The lowest BCUT2D eigenvalue weighted by atomic mass is 9.77.